The molecule has 0 radical (unpaired) electrons. The van der Waals surface area contributed by atoms with Crippen LogP contribution in [0.5, 0.6) is 0 Å². The van der Waals surface area contributed by atoms with Crippen molar-refractivity contribution in [3.8, 4) is 0 Å². The van der Waals surface area contributed by atoms with Crippen LogP contribution < -0.4 is 0 Å². The summed E-state index contributed by atoms with van der Waals surface area (Å²) in [4.78, 5) is 11.3. The highest BCUT2D eigenvalue weighted by Gasteiger charge is 2.30. The van der Waals surface area contributed by atoms with Gasteiger partial charge in [0.15, 0.2) is 0 Å². The average Bonchev–Trinajstić information content (AvgIpc) is 2.29. The Kier molecular flexibility index (Phi) is 4.71. The van der Waals surface area contributed by atoms with Crippen molar-refractivity contribution in [2.45, 2.75) is 11.7 Å². The molecular weight excluding hydrogens is 254 g/mol. The molecule has 0 N–H and O–H groups in total. The van der Waals surface area contributed by atoms with Crippen molar-refractivity contribution in [1.29, 1.82) is 0 Å². The molecule has 0 spiro atoms. The van der Waals surface area contributed by atoms with Gasteiger partial charge in [0.25, 0.3) is 0 Å². The van der Waals surface area contributed by atoms with E-state index in [0.717, 1.165) is 0 Å². The first kappa shape index (κ1) is 13.7. The molecule has 0 fully saturated rings. The number of benzene rings is 1. The van der Waals surface area contributed by atoms with Gasteiger partial charge in [-0.05, 0) is 12.1 Å². The molecule has 1 aromatic rings. The molecule has 0 aliphatic carbocycles. The predicted molar refractivity (Wildman–Crippen MR) is 55.2 cm³/mol. The van der Waals surface area contributed by atoms with Crippen LogP contribution in [0, 0.1) is 0 Å². The number of ether oxygens (including phenoxy) is 1. The van der Waals surface area contributed by atoms with E-state index >= 15 is 0 Å². The van der Waals surface area contributed by atoms with Crippen LogP contribution in [-0.2, 0) is 15.8 Å². The molecule has 1 rings (SSSR count). The topological polar surface area (TPSA) is 66.4 Å². The molecule has 94 valence electrons. The molecule has 0 aliphatic rings. The zero-order valence-electron chi connectivity index (χ0n) is 8.60. The maximum absolute atomic E-state index is 12.6. The molecule has 1 aromatic carbocycles. The Hall–Kier alpha value is -1.34. The lowest BCUT2D eigenvalue weighted by Gasteiger charge is -2.18. The third-order valence-electron chi connectivity index (χ3n) is 1.88. The molecule has 17 heavy (non-hydrogen) atoms. The van der Waals surface area contributed by atoms with E-state index in [2.05, 4.69) is 4.74 Å². The van der Waals surface area contributed by atoms with Gasteiger partial charge in [0.2, 0.25) is 0 Å². The highest BCUT2D eigenvalue weighted by atomic mass is 32.2. The van der Waals surface area contributed by atoms with E-state index in [1.165, 1.54) is 12.1 Å². The monoisotopic (exact) mass is 263 g/mol. The number of esters is 1. The van der Waals surface area contributed by atoms with E-state index < -0.39 is 35.3 Å². The third-order valence-corrected chi connectivity index (χ3v) is 2.57. The van der Waals surface area contributed by atoms with Crippen LogP contribution in [0.3, 0.4) is 0 Å². The molecule has 0 aliphatic heterocycles. The second-order valence-corrected chi connectivity index (χ2v) is 4.19. The number of carbonyl (C=O) groups excluding carboxylic acids is 1. The minimum absolute atomic E-state index is 0.221. The Balaban J connectivity index is 2.43. The van der Waals surface area contributed by atoms with Crippen LogP contribution in [0.15, 0.2) is 30.3 Å². The van der Waals surface area contributed by atoms with E-state index in [4.69, 9.17) is 0 Å². The zero-order valence-corrected chi connectivity index (χ0v) is 9.41. The smallest absolute Gasteiger partial charge is 0.338 e. The maximum Gasteiger partial charge on any atom is 0.338 e. The molecular formula is C10H9F2O4S-. The second-order valence-electron chi connectivity index (χ2n) is 3.12. The Morgan fingerprint density at radius 1 is 1.35 bits per heavy atom. The molecule has 1 unspecified atom stereocenters. The SMILES string of the molecule is O=C(OCCC(F)(F)S(=O)[O-])c1ccccc1. The summed E-state index contributed by atoms with van der Waals surface area (Å²) in [7, 11) is 0. The number of alkyl halides is 2. The first-order valence-corrected chi connectivity index (χ1v) is 5.70. The van der Waals surface area contributed by atoms with Gasteiger partial charge < -0.3 is 9.29 Å². The minimum atomic E-state index is -3.88. The van der Waals surface area contributed by atoms with Gasteiger partial charge in [-0.25, -0.2) is 4.79 Å². The summed E-state index contributed by atoms with van der Waals surface area (Å²) in [6.45, 7) is -0.658. The fourth-order valence-corrected chi connectivity index (χ4v) is 1.25. The fourth-order valence-electron chi connectivity index (χ4n) is 1.00. The Morgan fingerprint density at radius 3 is 2.47 bits per heavy atom. The Labute approximate surface area is 98.9 Å². The van der Waals surface area contributed by atoms with Crippen LogP contribution in [0.4, 0.5) is 8.78 Å². The van der Waals surface area contributed by atoms with E-state index in [1.54, 1.807) is 18.2 Å². The first-order chi connectivity index (χ1) is 7.93. The number of hydrogen-bond acceptors (Lipinski definition) is 4. The van der Waals surface area contributed by atoms with Gasteiger partial charge in [-0.15, -0.1) is 0 Å². The average molecular weight is 263 g/mol. The lowest BCUT2D eigenvalue weighted by molar-refractivity contribution is 0.0270. The molecule has 0 bridgehead atoms. The van der Waals surface area contributed by atoms with Crippen molar-refractivity contribution in [3.63, 3.8) is 0 Å². The van der Waals surface area contributed by atoms with Gasteiger partial charge in [-0.2, -0.15) is 8.78 Å². The highest BCUT2D eigenvalue weighted by Crippen LogP contribution is 2.21. The number of carbonyl (C=O) groups is 1. The van der Waals surface area contributed by atoms with Crippen LogP contribution in [0.1, 0.15) is 16.8 Å². The van der Waals surface area contributed by atoms with Crippen LogP contribution in [0.2, 0.25) is 0 Å². The fraction of sp³-hybridized carbons (Fsp3) is 0.300. The maximum atomic E-state index is 12.6. The van der Waals surface area contributed by atoms with Gasteiger partial charge in [0.05, 0.1) is 18.6 Å². The van der Waals surface area contributed by atoms with E-state index in [1.807, 2.05) is 0 Å². The lowest BCUT2D eigenvalue weighted by Crippen LogP contribution is -2.25. The second kappa shape index (κ2) is 5.83. The quantitative estimate of drug-likeness (QED) is 0.599. The molecule has 0 amide bonds. The van der Waals surface area contributed by atoms with E-state index in [9.17, 15) is 22.3 Å². The van der Waals surface area contributed by atoms with E-state index in [0.29, 0.717) is 0 Å². The van der Waals surface area contributed by atoms with Gasteiger partial charge in [-0.3, -0.25) is 4.21 Å². The summed E-state index contributed by atoms with van der Waals surface area (Å²) in [6.07, 6.45) is -1.05. The molecule has 0 saturated carbocycles. The largest absolute Gasteiger partial charge is 0.768 e. The van der Waals surface area contributed by atoms with Crippen LogP contribution in [0.25, 0.3) is 0 Å². The highest BCUT2D eigenvalue weighted by molar-refractivity contribution is 7.80. The normalized spacial score (nSPS) is 13.1. The molecule has 0 heterocycles. The van der Waals surface area contributed by atoms with Crippen LogP contribution >= 0.6 is 0 Å². The van der Waals surface area contributed by atoms with Crippen molar-refractivity contribution in [3.05, 3.63) is 35.9 Å². The summed E-state index contributed by atoms with van der Waals surface area (Å²) in [5.74, 6) is -0.766. The predicted octanol–water partition coefficient (Wildman–Crippen LogP) is 1.71. The summed E-state index contributed by atoms with van der Waals surface area (Å²) in [6, 6.07) is 7.81. The number of halogens is 2. The summed E-state index contributed by atoms with van der Waals surface area (Å²) >= 11 is -3.51. The van der Waals surface area contributed by atoms with Crippen molar-refractivity contribution >= 4 is 17.0 Å². The lowest BCUT2D eigenvalue weighted by atomic mass is 10.2. The molecule has 7 heteroatoms. The van der Waals surface area contributed by atoms with E-state index in [-0.39, 0.29) is 5.56 Å². The van der Waals surface area contributed by atoms with Gasteiger partial charge in [0.1, 0.15) is 0 Å². The summed E-state index contributed by atoms with van der Waals surface area (Å²) in [5, 5.41) is -3.88. The molecule has 1 atom stereocenters. The van der Waals surface area contributed by atoms with Crippen LogP contribution in [-0.4, -0.2) is 26.6 Å². The van der Waals surface area contributed by atoms with Gasteiger partial charge >= 0.3 is 11.2 Å². The Bertz CT molecular complexity index is 408. The Morgan fingerprint density at radius 2 is 1.94 bits per heavy atom. The summed E-state index contributed by atoms with van der Waals surface area (Å²) in [5.41, 5.74) is 0.221. The van der Waals surface area contributed by atoms with Crippen molar-refractivity contribution in [2.24, 2.45) is 0 Å². The third kappa shape index (κ3) is 4.20. The standard InChI is InChI=1S/C10H10F2O4S/c11-10(12,17(14)15)6-7-16-9(13)8-4-2-1-3-5-8/h1-5H,6-7H2,(H,14,15)/p-1. The molecule has 0 aromatic heterocycles. The van der Waals surface area contributed by atoms with Crippen molar-refractivity contribution < 1.29 is 27.1 Å². The van der Waals surface area contributed by atoms with Gasteiger partial charge in [0, 0.05) is 11.1 Å². The zero-order chi connectivity index (χ0) is 12.9. The molecule has 0 saturated heterocycles. The van der Waals surface area contributed by atoms with Crippen molar-refractivity contribution in [2.75, 3.05) is 6.61 Å². The molecule has 4 nitrogen and oxygen atoms in total. The summed E-state index contributed by atoms with van der Waals surface area (Å²) < 4.78 is 49.9. The van der Waals surface area contributed by atoms with Gasteiger partial charge in [-0.1, -0.05) is 18.2 Å². The number of hydrogen-bond donors (Lipinski definition) is 0. The first-order valence-electron chi connectivity index (χ1n) is 4.63. The number of rotatable bonds is 5. The van der Waals surface area contributed by atoms with Crippen molar-refractivity contribution in [1.82, 2.24) is 0 Å². The minimum Gasteiger partial charge on any atom is -0.768 e.